The van der Waals surface area contributed by atoms with Gasteiger partial charge in [-0.3, -0.25) is 19.7 Å². The number of aryl methyl sites for hydroxylation is 2. The number of carbonyl (C=O) groups is 2. The van der Waals surface area contributed by atoms with Crippen molar-refractivity contribution >= 4 is 22.9 Å². The molecule has 0 amide bonds. The van der Waals surface area contributed by atoms with E-state index >= 15 is 0 Å². The van der Waals surface area contributed by atoms with E-state index in [4.69, 9.17) is 5.73 Å². The fourth-order valence-corrected chi connectivity index (χ4v) is 2.67. The molecule has 2 N–H and O–H groups in total. The van der Waals surface area contributed by atoms with Gasteiger partial charge in [0.25, 0.3) is 5.69 Å². The number of hydrogen-bond donors (Lipinski definition) is 1. The second-order valence-electron chi connectivity index (χ2n) is 5.23. The molecule has 2 aromatic rings. The first-order valence-corrected chi connectivity index (χ1v) is 6.82. The zero-order valence-electron chi connectivity index (χ0n) is 11.7. The Morgan fingerprint density at radius 1 is 1.00 bits per heavy atom. The van der Waals surface area contributed by atoms with Crippen LogP contribution in [0.3, 0.4) is 0 Å². The van der Waals surface area contributed by atoms with Gasteiger partial charge in [0.05, 0.1) is 28.2 Å². The zero-order chi connectivity index (χ0) is 15.9. The van der Waals surface area contributed by atoms with Crippen molar-refractivity contribution in [1.29, 1.82) is 0 Å². The van der Waals surface area contributed by atoms with Crippen molar-refractivity contribution in [2.45, 2.75) is 25.9 Å². The number of nitro groups is 1. The number of Topliss-reactive ketones (excluding diaryl/α,β-unsaturated/α-hetero) is 2. The van der Waals surface area contributed by atoms with E-state index in [-0.39, 0.29) is 17.3 Å². The van der Waals surface area contributed by atoms with E-state index in [0.29, 0.717) is 30.8 Å². The van der Waals surface area contributed by atoms with E-state index in [9.17, 15) is 19.7 Å². The number of hydrogen-bond acceptors (Lipinski definition) is 5. The van der Waals surface area contributed by atoms with Crippen LogP contribution in [-0.4, -0.2) is 25.6 Å². The molecule has 4 heterocycles. The van der Waals surface area contributed by atoms with Gasteiger partial charge in [0, 0.05) is 38.2 Å². The maximum absolute atomic E-state index is 11.1. The quantitative estimate of drug-likeness (QED) is 0.635. The van der Waals surface area contributed by atoms with Crippen molar-refractivity contribution in [2.75, 3.05) is 5.73 Å². The molecule has 4 rings (SSSR count). The summed E-state index contributed by atoms with van der Waals surface area (Å²) >= 11 is 0. The SMILES string of the molecule is Nc1cc2n(c1)CCC2=O.O=C1CCn2cc([N+](=O)[O-])cc21. The number of nitrogen functional groups attached to an aromatic ring is 1. The standard InChI is InChI=1S/C7H6N2O3.C7H8N2O/c10-7-1-2-8-4-5(9(11)12)3-6(7)8;8-5-3-6-7(10)1-2-9(6)4-5/h3-4H,1-2H2;3-4H,1-2,8H2. The van der Waals surface area contributed by atoms with Gasteiger partial charge in [0.2, 0.25) is 0 Å². The van der Waals surface area contributed by atoms with Crippen LogP contribution in [-0.2, 0) is 13.1 Å². The molecule has 114 valence electrons. The summed E-state index contributed by atoms with van der Waals surface area (Å²) in [5, 5.41) is 10.3. The first-order valence-electron chi connectivity index (χ1n) is 6.82. The van der Waals surface area contributed by atoms with E-state index in [1.807, 2.05) is 4.57 Å². The second kappa shape index (κ2) is 5.14. The zero-order valence-corrected chi connectivity index (χ0v) is 11.7. The number of rotatable bonds is 1. The van der Waals surface area contributed by atoms with Gasteiger partial charge in [-0.1, -0.05) is 0 Å². The first-order chi connectivity index (χ1) is 10.5. The van der Waals surface area contributed by atoms with Crippen LogP contribution in [0.2, 0.25) is 0 Å². The molecule has 0 saturated heterocycles. The normalized spacial score (nSPS) is 15.3. The molecule has 0 unspecified atom stereocenters. The van der Waals surface area contributed by atoms with Crippen LogP contribution < -0.4 is 5.73 Å². The Bertz CT molecular complexity index is 787. The molecule has 0 aliphatic carbocycles. The average Bonchev–Trinajstić information content (AvgIpc) is 3.17. The van der Waals surface area contributed by atoms with Gasteiger partial charge in [-0.15, -0.1) is 0 Å². The second-order valence-corrected chi connectivity index (χ2v) is 5.23. The van der Waals surface area contributed by atoms with Gasteiger partial charge < -0.3 is 14.9 Å². The summed E-state index contributed by atoms with van der Waals surface area (Å²) in [6.07, 6.45) is 4.31. The Kier molecular flexibility index (Phi) is 3.28. The fraction of sp³-hybridized carbons (Fsp3) is 0.286. The smallest absolute Gasteiger partial charge is 0.287 e. The number of carbonyl (C=O) groups excluding carboxylic acids is 2. The van der Waals surface area contributed by atoms with Crippen LogP contribution in [0.15, 0.2) is 24.5 Å². The number of nitrogens with zero attached hydrogens (tertiary/aromatic N) is 3. The molecule has 2 aromatic heterocycles. The van der Waals surface area contributed by atoms with Gasteiger partial charge in [0.15, 0.2) is 11.6 Å². The Hall–Kier alpha value is -2.90. The van der Waals surface area contributed by atoms with Crippen LogP contribution in [0.4, 0.5) is 11.4 Å². The van der Waals surface area contributed by atoms with Crippen molar-refractivity contribution in [2.24, 2.45) is 0 Å². The number of ketones is 2. The third-order valence-electron chi connectivity index (χ3n) is 3.74. The molecule has 0 bridgehead atoms. The van der Waals surface area contributed by atoms with Crippen LogP contribution in [0.25, 0.3) is 0 Å². The van der Waals surface area contributed by atoms with E-state index < -0.39 is 4.92 Å². The summed E-state index contributed by atoms with van der Waals surface area (Å²) in [4.78, 5) is 31.9. The third kappa shape index (κ3) is 2.39. The van der Waals surface area contributed by atoms with E-state index in [1.165, 1.54) is 12.3 Å². The van der Waals surface area contributed by atoms with Crippen molar-refractivity contribution in [3.63, 3.8) is 0 Å². The van der Waals surface area contributed by atoms with Crippen LogP contribution in [0.5, 0.6) is 0 Å². The molecule has 0 aromatic carbocycles. The minimum Gasteiger partial charge on any atom is -0.397 e. The molecule has 0 saturated carbocycles. The predicted molar refractivity (Wildman–Crippen MR) is 77.8 cm³/mol. The lowest BCUT2D eigenvalue weighted by Crippen LogP contribution is -1.90. The Morgan fingerprint density at radius 2 is 1.55 bits per heavy atom. The number of nitrogens with two attached hydrogens (primary N) is 1. The number of aromatic nitrogens is 2. The molecule has 2 aliphatic heterocycles. The third-order valence-corrected chi connectivity index (χ3v) is 3.74. The summed E-state index contributed by atoms with van der Waals surface area (Å²) in [5.74, 6) is 0.194. The van der Waals surface area contributed by atoms with Gasteiger partial charge >= 0.3 is 0 Å². The first kappa shape index (κ1) is 14.1. The molecular formula is C14H14N4O4. The van der Waals surface area contributed by atoms with Crippen molar-refractivity contribution in [1.82, 2.24) is 9.13 Å². The monoisotopic (exact) mass is 302 g/mol. The molecule has 0 radical (unpaired) electrons. The van der Waals surface area contributed by atoms with Gasteiger partial charge in [-0.2, -0.15) is 0 Å². The van der Waals surface area contributed by atoms with Crippen molar-refractivity contribution in [3.8, 4) is 0 Å². The number of anilines is 1. The Balaban J connectivity index is 0.000000133. The van der Waals surface area contributed by atoms with Crippen LogP contribution >= 0.6 is 0 Å². The summed E-state index contributed by atoms with van der Waals surface area (Å²) in [5.41, 5.74) is 7.38. The van der Waals surface area contributed by atoms with Crippen molar-refractivity contribution < 1.29 is 14.5 Å². The highest BCUT2D eigenvalue weighted by atomic mass is 16.6. The summed E-state index contributed by atoms with van der Waals surface area (Å²) < 4.78 is 3.53. The topological polar surface area (TPSA) is 113 Å². The van der Waals surface area contributed by atoms with Crippen LogP contribution in [0.1, 0.15) is 33.8 Å². The lowest BCUT2D eigenvalue weighted by molar-refractivity contribution is -0.384. The Labute approximate surface area is 125 Å². The largest absolute Gasteiger partial charge is 0.397 e. The maximum Gasteiger partial charge on any atom is 0.287 e. The molecule has 2 aliphatic rings. The molecule has 22 heavy (non-hydrogen) atoms. The summed E-state index contributed by atoms with van der Waals surface area (Å²) in [6, 6.07) is 3.06. The molecule has 8 nitrogen and oxygen atoms in total. The highest BCUT2D eigenvalue weighted by Crippen LogP contribution is 2.22. The molecule has 0 atom stereocenters. The fourth-order valence-electron chi connectivity index (χ4n) is 2.67. The minimum atomic E-state index is -0.487. The Morgan fingerprint density at radius 3 is 2.05 bits per heavy atom. The highest BCUT2D eigenvalue weighted by molar-refractivity contribution is 5.97. The van der Waals surface area contributed by atoms with E-state index in [2.05, 4.69) is 0 Å². The average molecular weight is 302 g/mol. The molecule has 0 fully saturated rings. The number of fused-ring (bicyclic) bond motifs is 2. The molecular weight excluding hydrogens is 288 g/mol. The molecule has 8 heteroatoms. The van der Waals surface area contributed by atoms with E-state index in [0.717, 1.165) is 12.2 Å². The lowest BCUT2D eigenvalue weighted by Gasteiger charge is -1.89. The minimum absolute atomic E-state index is 0.00181. The summed E-state index contributed by atoms with van der Waals surface area (Å²) in [6.45, 7) is 1.37. The van der Waals surface area contributed by atoms with Gasteiger partial charge in [-0.05, 0) is 6.07 Å². The molecule has 0 spiro atoms. The highest BCUT2D eigenvalue weighted by Gasteiger charge is 2.24. The summed E-state index contributed by atoms with van der Waals surface area (Å²) in [7, 11) is 0. The van der Waals surface area contributed by atoms with Crippen molar-refractivity contribution in [3.05, 3.63) is 46.0 Å². The van der Waals surface area contributed by atoms with Crippen LogP contribution in [0, 0.1) is 10.1 Å². The van der Waals surface area contributed by atoms with Gasteiger partial charge in [0.1, 0.15) is 0 Å². The lowest BCUT2D eigenvalue weighted by atomic mass is 10.2. The van der Waals surface area contributed by atoms with E-state index in [1.54, 1.807) is 16.8 Å². The predicted octanol–water partition coefficient (Wildman–Crippen LogP) is 1.64. The van der Waals surface area contributed by atoms with Gasteiger partial charge in [-0.25, -0.2) is 0 Å². The maximum atomic E-state index is 11.1.